The van der Waals surface area contributed by atoms with Crippen molar-refractivity contribution in [2.75, 3.05) is 0 Å². The molecule has 0 fully saturated rings. The van der Waals surface area contributed by atoms with Gasteiger partial charge in [0.1, 0.15) is 0 Å². The van der Waals surface area contributed by atoms with Crippen molar-refractivity contribution in [1.29, 1.82) is 0 Å². The van der Waals surface area contributed by atoms with Crippen LogP contribution < -0.4 is 0 Å². The molecule has 6 rings (SSSR count). The number of nitro groups is 1. The fraction of sp³-hybridized carbons (Fsp3) is 0. The molecule has 0 spiro atoms. The Morgan fingerprint density at radius 2 is 1.36 bits per heavy atom. The molecule has 28 heavy (non-hydrogen) atoms. The smallest absolute Gasteiger partial charge is 0.279 e. The highest BCUT2D eigenvalue weighted by atomic mass is 16.6. The molecule has 5 aromatic rings. The summed E-state index contributed by atoms with van der Waals surface area (Å²) in [6, 6.07) is 27.9. The van der Waals surface area contributed by atoms with Gasteiger partial charge in [0.2, 0.25) is 0 Å². The summed E-state index contributed by atoms with van der Waals surface area (Å²) >= 11 is 0. The van der Waals surface area contributed by atoms with E-state index in [0.29, 0.717) is 5.56 Å². The molecule has 0 aliphatic carbocycles. The summed E-state index contributed by atoms with van der Waals surface area (Å²) in [4.78, 5) is 11.6. The van der Waals surface area contributed by atoms with Crippen LogP contribution in [0.3, 0.4) is 0 Å². The number of benzene rings is 4. The minimum absolute atomic E-state index is 0.128. The van der Waals surface area contributed by atoms with Crippen molar-refractivity contribution in [3.05, 3.63) is 95.0 Å². The van der Waals surface area contributed by atoms with Gasteiger partial charge in [0.15, 0.2) is 0 Å². The number of hydrogen-bond donors (Lipinski definition) is 0. The Balaban J connectivity index is 1.97. The van der Waals surface area contributed by atoms with Crippen LogP contribution in [-0.2, 0) is 0 Å². The lowest BCUT2D eigenvalue weighted by Crippen LogP contribution is -1.99. The van der Waals surface area contributed by atoms with E-state index in [-0.39, 0.29) is 10.6 Å². The molecule has 0 unspecified atom stereocenters. The molecule has 0 saturated carbocycles. The normalized spacial score (nSPS) is 11.9. The number of para-hydroxylation sites is 2. The summed E-state index contributed by atoms with van der Waals surface area (Å²) in [5.74, 6) is 0. The van der Waals surface area contributed by atoms with Gasteiger partial charge in [0.05, 0.1) is 27.2 Å². The van der Waals surface area contributed by atoms with E-state index in [1.165, 1.54) is 0 Å². The average Bonchev–Trinajstić information content (AvgIpc) is 3.01. The minimum Gasteiger partial charge on any atom is -0.308 e. The summed E-state index contributed by atoms with van der Waals surface area (Å²) < 4.78 is 2.18. The molecule has 0 radical (unpaired) electrons. The van der Waals surface area contributed by atoms with E-state index < -0.39 is 0 Å². The lowest BCUT2D eigenvalue weighted by molar-refractivity contribution is -0.384. The van der Waals surface area contributed by atoms with Crippen molar-refractivity contribution in [2.45, 2.75) is 0 Å². The van der Waals surface area contributed by atoms with Gasteiger partial charge in [0.25, 0.3) is 5.69 Å². The fourth-order valence-corrected chi connectivity index (χ4v) is 4.56. The summed E-state index contributed by atoms with van der Waals surface area (Å²) in [6.45, 7) is 0. The Hall–Kier alpha value is -3.92. The summed E-state index contributed by atoms with van der Waals surface area (Å²) in [7, 11) is 0. The zero-order valence-electron chi connectivity index (χ0n) is 14.8. The van der Waals surface area contributed by atoms with Crippen LogP contribution in [0.2, 0.25) is 0 Å². The molecule has 4 aromatic carbocycles. The summed E-state index contributed by atoms with van der Waals surface area (Å²) in [5.41, 5.74) is 6.79. The van der Waals surface area contributed by atoms with E-state index in [1.807, 2.05) is 36.4 Å². The van der Waals surface area contributed by atoms with E-state index in [1.54, 1.807) is 12.1 Å². The van der Waals surface area contributed by atoms with E-state index in [4.69, 9.17) is 0 Å². The number of aromatic nitrogens is 1. The lowest BCUT2D eigenvalue weighted by atomic mass is 9.93. The maximum atomic E-state index is 11.9. The van der Waals surface area contributed by atoms with Crippen molar-refractivity contribution >= 4 is 27.5 Å². The second-order valence-corrected chi connectivity index (χ2v) is 7.03. The van der Waals surface area contributed by atoms with Gasteiger partial charge in [-0.3, -0.25) is 10.1 Å². The molecule has 4 nitrogen and oxygen atoms in total. The molecule has 0 bridgehead atoms. The monoisotopic (exact) mass is 362 g/mol. The summed E-state index contributed by atoms with van der Waals surface area (Å²) in [6.07, 6.45) is 0. The molecule has 0 atom stereocenters. The molecular weight excluding hydrogens is 348 g/mol. The Morgan fingerprint density at radius 3 is 2.21 bits per heavy atom. The Kier molecular flexibility index (Phi) is 2.87. The number of hydrogen-bond acceptors (Lipinski definition) is 2. The summed E-state index contributed by atoms with van der Waals surface area (Å²) in [5, 5.41) is 14.2. The average molecular weight is 362 g/mol. The molecule has 1 aromatic heterocycles. The van der Waals surface area contributed by atoms with E-state index in [2.05, 4.69) is 41.0 Å². The fourth-order valence-electron chi connectivity index (χ4n) is 4.56. The third-order valence-electron chi connectivity index (χ3n) is 5.64. The molecule has 1 aliphatic rings. The van der Waals surface area contributed by atoms with Gasteiger partial charge in [0, 0.05) is 22.4 Å². The zero-order valence-corrected chi connectivity index (χ0v) is 14.8. The first-order valence-corrected chi connectivity index (χ1v) is 9.15. The first kappa shape index (κ1) is 15.2. The molecule has 1 aliphatic heterocycles. The Bertz CT molecular complexity index is 1450. The first-order chi connectivity index (χ1) is 13.8. The zero-order chi connectivity index (χ0) is 18.8. The third-order valence-corrected chi connectivity index (χ3v) is 5.64. The first-order valence-electron chi connectivity index (χ1n) is 9.15. The van der Waals surface area contributed by atoms with Gasteiger partial charge in [-0.1, -0.05) is 66.7 Å². The Morgan fingerprint density at radius 1 is 0.679 bits per heavy atom. The third kappa shape index (κ3) is 1.79. The van der Waals surface area contributed by atoms with Gasteiger partial charge in [-0.15, -0.1) is 0 Å². The highest BCUT2D eigenvalue weighted by Crippen LogP contribution is 2.48. The second-order valence-electron chi connectivity index (χ2n) is 7.03. The van der Waals surface area contributed by atoms with Crippen molar-refractivity contribution in [3.8, 4) is 27.9 Å². The Labute approximate surface area is 160 Å². The SMILES string of the molecule is O=[N+]([O-])c1cccc2c1-c1ccccc1-c1cccc3c4ccccc4n-2c13. The quantitative estimate of drug-likeness (QED) is 0.253. The van der Waals surface area contributed by atoms with Gasteiger partial charge in [-0.25, -0.2) is 0 Å². The van der Waals surface area contributed by atoms with Crippen molar-refractivity contribution < 1.29 is 4.92 Å². The maximum absolute atomic E-state index is 11.9. The van der Waals surface area contributed by atoms with Gasteiger partial charge >= 0.3 is 0 Å². The van der Waals surface area contributed by atoms with Crippen molar-refractivity contribution in [2.24, 2.45) is 0 Å². The highest BCUT2D eigenvalue weighted by molar-refractivity contribution is 6.16. The van der Waals surface area contributed by atoms with Crippen LogP contribution in [0.25, 0.3) is 49.7 Å². The number of fused-ring (bicyclic) bond motifs is 8. The molecule has 0 amide bonds. The standard InChI is InChI=1S/C24H14N2O2/c27-26(28)22-14-6-13-21-23(22)17-9-2-1-7-15(17)18-10-5-11-19-16-8-3-4-12-20(16)25(21)24(18)19/h1-14H. The molecule has 0 saturated heterocycles. The van der Waals surface area contributed by atoms with E-state index >= 15 is 0 Å². The van der Waals surface area contributed by atoms with Gasteiger partial charge < -0.3 is 4.57 Å². The maximum Gasteiger partial charge on any atom is 0.279 e. The largest absolute Gasteiger partial charge is 0.308 e. The highest BCUT2D eigenvalue weighted by Gasteiger charge is 2.28. The second kappa shape index (κ2) is 5.30. The lowest BCUT2D eigenvalue weighted by Gasteiger charge is -2.12. The minimum atomic E-state index is -0.283. The van der Waals surface area contributed by atoms with Crippen molar-refractivity contribution in [1.82, 2.24) is 4.57 Å². The molecule has 132 valence electrons. The van der Waals surface area contributed by atoms with Crippen LogP contribution >= 0.6 is 0 Å². The molecular formula is C24H14N2O2. The predicted octanol–water partition coefficient (Wildman–Crippen LogP) is 6.34. The van der Waals surface area contributed by atoms with E-state index in [9.17, 15) is 10.1 Å². The van der Waals surface area contributed by atoms with Crippen LogP contribution in [-0.4, -0.2) is 9.49 Å². The topological polar surface area (TPSA) is 48.1 Å². The van der Waals surface area contributed by atoms with Crippen LogP contribution in [0.4, 0.5) is 5.69 Å². The molecule has 4 heteroatoms. The van der Waals surface area contributed by atoms with Crippen LogP contribution in [0.15, 0.2) is 84.9 Å². The van der Waals surface area contributed by atoms with Crippen LogP contribution in [0.1, 0.15) is 0 Å². The van der Waals surface area contributed by atoms with Crippen molar-refractivity contribution in [3.63, 3.8) is 0 Å². The molecule has 0 N–H and O–H groups in total. The van der Waals surface area contributed by atoms with Crippen LogP contribution in [0, 0.1) is 10.1 Å². The van der Waals surface area contributed by atoms with Gasteiger partial charge in [-0.2, -0.15) is 0 Å². The predicted molar refractivity (Wildman–Crippen MR) is 112 cm³/mol. The molecule has 2 heterocycles. The number of nitro benzene ring substituents is 1. The number of rotatable bonds is 1. The van der Waals surface area contributed by atoms with Gasteiger partial charge in [-0.05, 0) is 23.3 Å². The van der Waals surface area contributed by atoms with Crippen LogP contribution in [0.5, 0.6) is 0 Å². The number of nitrogens with zero attached hydrogens (tertiary/aromatic N) is 2. The van der Waals surface area contributed by atoms with E-state index in [0.717, 1.165) is 44.2 Å².